The molecule has 1 aromatic heterocycles. The van der Waals surface area contributed by atoms with E-state index in [0.717, 1.165) is 45.2 Å². The van der Waals surface area contributed by atoms with Crippen molar-refractivity contribution < 1.29 is 9.59 Å². The molecule has 0 aromatic carbocycles. The average Bonchev–Trinajstić information content (AvgIpc) is 2.56. The van der Waals surface area contributed by atoms with Gasteiger partial charge in [-0.05, 0) is 68.1 Å². The summed E-state index contributed by atoms with van der Waals surface area (Å²) < 4.78 is 0. The molecule has 1 N–H and O–H groups in total. The highest BCUT2D eigenvalue weighted by Gasteiger charge is 2.26. The van der Waals surface area contributed by atoms with Crippen molar-refractivity contribution in [2.24, 2.45) is 11.8 Å². The molecule has 1 aliphatic heterocycles. The SMILES string of the molecule is CC(=O)Nc1cc(CCC2CCN(C(=O)CC3CCC3)CC2)ccn1. The van der Waals surface area contributed by atoms with Crippen LogP contribution in [-0.2, 0) is 16.0 Å². The van der Waals surface area contributed by atoms with Crippen LogP contribution in [0.4, 0.5) is 5.82 Å². The number of piperidine rings is 1. The van der Waals surface area contributed by atoms with Gasteiger partial charge in [-0.3, -0.25) is 9.59 Å². The molecule has 5 heteroatoms. The van der Waals surface area contributed by atoms with E-state index in [9.17, 15) is 9.59 Å². The first-order valence-electron chi connectivity index (χ1n) is 9.60. The molecule has 1 saturated carbocycles. The fraction of sp³-hybridized carbons (Fsp3) is 0.650. The second-order valence-electron chi connectivity index (χ2n) is 7.59. The number of aryl methyl sites for hydroxylation is 1. The molecule has 0 atom stereocenters. The Balaban J connectivity index is 1.40. The Hall–Kier alpha value is -1.91. The first kappa shape index (κ1) is 17.9. The maximum atomic E-state index is 12.3. The lowest BCUT2D eigenvalue weighted by Crippen LogP contribution is -2.39. The lowest BCUT2D eigenvalue weighted by atomic mass is 9.82. The van der Waals surface area contributed by atoms with E-state index in [1.807, 2.05) is 12.1 Å². The summed E-state index contributed by atoms with van der Waals surface area (Å²) >= 11 is 0. The third-order valence-corrected chi connectivity index (χ3v) is 5.62. The first-order valence-corrected chi connectivity index (χ1v) is 9.60. The Bertz CT molecular complexity index is 605. The summed E-state index contributed by atoms with van der Waals surface area (Å²) in [7, 11) is 0. The van der Waals surface area contributed by atoms with Crippen molar-refractivity contribution in [1.29, 1.82) is 0 Å². The summed E-state index contributed by atoms with van der Waals surface area (Å²) in [6.45, 7) is 3.34. The van der Waals surface area contributed by atoms with E-state index in [-0.39, 0.29) is 5.91 Å². The third-order valence-electron chi connectivity index (χ3n) is 5.62. The zero-order chi connectivity index (χ0) is 17.6. The summed E-state index contributed by atoms with van der Waals surface area (Å²) in [6.07, 6.45) is 10.7. The molecular formula is C20H29N3O2. The standard InChI is InChI=1S/C20H29N3O2/c1-15(24)22-19-13-18(7-10-21-19)6-5-16-8-11-23(12-9-16)20(25)14-17-3-2-4-17/h7,10,13,16-17H,2-6,8-9,11-12,14H2,1H3,(H,21,22,24). The zero-order valence-electron chi connectivity index (χ0n) is 15.2. The summed E-state index contributed by atoms with van der Waals surface area (Å²) in [6, 6.07) is 3.97. The molecule has 3 rings (SSSR count). The van der Waals surface area contributed by atoms with E-state index in [4.69, 9.17) is 0 Å². The van der Waals surface area contributed by atoms with E-state index in [2.05, 4.69) is 15.2 Å². The number of anilines is 1. The van der Waals surface area contributed by atoms with Crippen molar-refractivity contribution in [2.45, 2.75) is 58.3 Å². The molecule has 2 amide bonds. The van der Waals surface area contributed by atoms with Gasteiger partial charge in [0.2, 0.25) is 11.8 Å². The number of hydrogen-bond donors (Lipinski definition) is 1. The van der Waals surface area contributed by atoms with Crippen LogP contribution in [0.3, 0.4) is 0 Å². The van der Waals surface area contributed by atoms with Gasteiger partial charge in [-0.25, -0.2) is 4.98 Å². The first-order chi connectivity index (χ1) is 12.1. The van der Waals surface area contributed by atoms with Gasteiger partial charge in [-0.1, -0.05) is 6.42 Å². The van der Waals surface area contributed by atoms with E-state index >= 15 is 0 Å². The Morgan fingerprint density at radius 1 is 1.20 bits per heavy atom. The van der Waals surface area contributed by atoms with E-state index in [0.29, 0.717) is 23.6 Å². The van der Waals surface area contributed by atoms with Crippen molar-refractivity contribution in [1.82, 2.24) is 9.88 Å². The molecule has 0 spiro atoms. The molecular weight excluding hydrogens is 314 g/mol. The Morgan fingerprint density at radius 2 is 1.96 bits per heavy atom. The highest BCUT2D eigenvalue weighted by molar-refractivity contribution is 5.87. The van der Waals surface area contributed by atoms with Gasteiger partial charge in [0.25, 0.3) is 0 Å². The van der Waals surface area contributed by atoms with Crippen LogP contribution >= 0.6 is 0 Å². The number of likely N-dealkylation sites (tertiary alicyclic amines) is 1. The van der Waals surface area contributed by atoms with Crippen LogP contribution < -0.4 is 5.32 Å². The predicted molar refractivity (Wildman–Crippen MR) is 98.1 cm³/mol. The third kappa shape index (κ3) is 5.28. The number of carbonyl (C=O) groups excluding carboxylic acids is 2. The smallest absolute Gasteiger partial charge is 0.222 e. The molecule has 0 radical (unpaired) electrons. The number of pyridine rings is 1. The number of aromatic nitrogens is 1. The lowest BCUT2D eigenvalue weighted by Gasteiger charge is -2.34. The van der Waals surface area contributed by atoms with Gasteiger partial charge in [-0.15, -0.1) is 0 Å². The minimum Gasteiger partial charge on any atom is -0.343 e. The number of nitrogens with zero attached hydrogens (tertiary/aromatic N) is 2. The van der Waals surface area contributed by atoms with Gasteiger partial charge < -0.3 is 10.2 Å². The van der Waals surface area contributed by atoms with Gasteiger partial charge in [0.1, 0.15) is 5.82 Å². The summed E-state index contributed by atoms with van der Waals surface area (Å²) in [4.78, 5) is 29.7. The molecule has 1 saturated heterocycles. The maximum absolute atomic E-state index is 12.3. The van der Waals surface area contributed by atoms with Crippen molar-refractivity contribution in [3.05, 3.63) is 23.9 Å². The van der Waals surface area contributed by atoms with Crippen LogP contribution in [0.25, 0.3) is 0 Å². The molecule has 25 heavy (non-hydrogen) atoms. The largest absolute Gasteiger partial charge is 0.343 e. The monoisotopic (exact) mass is 343 g/mol. The van der Waals surface area contributed by atoms with Crippen LogP contribution in [0.2, 0.25) is 0 Å². The zero-order valence-corrected chi connectivity index (χ0v) is 15.2. The van der Waals surface area contributed by atoms with Crippen LogP contribution in [0.15, 0.2) is 18.3 Å². The van der Waals surface area contributed by atoms with E-state index in [1.54, 1.807) is 6.20 Å². The Morgan fingerprint density at radius 3 is 2.60 bits per heavy atom. The molecule has 2 heterocycles. The van der Waals surface area contributed by atoms with Crippen molar-refractivity contribution in [3.8, 4) is 0 Å². The molecule has 1 aliphatic carbocycles. The van der Waals surface area contributed by atoms with Crippen molar-refractivity contribution >= 4 is 17.6 Å². The summed E-state index contributed by atoms with van der Waals surface area (Å²) in [5.74, 6) is 2.25. The number of nitrogens with one attached hydrogen (secondary N) is 1. The molecule has 5 nitrogen and oxygen atoms in total. The van der Waals surface area contributed by atoms with Crippen LogP contribution in [0, 0.1) is 11.8 Å². The topological polar surface area (TPSA) is 62.3 Å². The van der Waals surface area contributed by atoms with Gasteiger partial charge >= 0.3 is 0 Å². The van der Waals surface area contributed by atoms with Gasteiger partial charge in [-0.2, -0.15) is 0 Å². The Labute approximate surface area is 150 Å². The van der Waals surface area contributed by atoms with Crippen LogP contribution in [0.5, 0.6) is 0 Å². The summed E-state index contributed by atoms with van der Waals surface area (Å²) in [5, 5.41) is 2.73. The van der Waals surface area contributed by atoms with E-state index < -0.39 is 0 Å². The molecule has 0 unspecified atom stereocenters. The van der Waals surface area contributed by atoms with Gasteiger partial charge in [0.05, 0.1) is 0 Å². The minimum atomic E-state index is -0.0939. The highest BCUT2D eigenvalue weighted by atomic mass is 16.2. The minimum absolute atomic E-state index is 0.0939. The van der Waals surface area contributed by atoms with Crippen molar-refractivity contribution in [2.75, 3.05) is 18.4 Å². The second kappa shape index (κ2) is 8.45. The molecule has 136 valence electrons. The second-order valence-corrected chi connectivity index (χ2v) is 7.59. The predicted octanol–water partition coefficient (Wildman–Crippen LogP) is 3.40. The fourth-order valence-electron chi connectivity index (χ4n) is 3.79. The average molecular weight is 343 g/mol. The summed E-state index contributed by atoms with van der Waals surface area (Å²) in [5.41, 5.74) is 1.21. The lowest BCUT2D eigenvalue weighted by molar-refractivity contribution is -0.134. The molecule has 2 aliphatic rings. The number of hydrogen-bond acceptors (Lipinski definition) is 3. The fourth-order valence-corrected chi connectivity index (χ4v) is 3.79. The number of amides is 2. The highest BCUT2D eigenvalue weighted by Crippen LogP contribution is 2.31. The van der Waals surface area contributed by atoms with Crippen LogP contribution in [-0.4, -0.2) is 34.8 Å². The number of rotatable bonds is 6. The molecule has 2 fully saturated rings. The van der Waals surface area contributed by atoms with Crippen molar-refractivity contribution in [3.63, 3.8) is 0 Å². The molecule has 1 aromatic rings. The normalized spacial score (nSPS) is 18.7. The number of carbonyl (C=O) groups is 2. The Kier molecular flexibility index (Phi) is 6.05. The van der Waals surface area contributed by atoms with E-state index in [1.165, 1.54) is 31.7 Å². The molecule has 0 bridgehead atoms. The van der Waals surface area contributed by atoms with Gasteiger partial charge in [0, 0.05) is 32.6 Å². The van der Waals surface area contributed by atoms with Crippen LogP contribution in [0.1, 0.15) is 57.4 Å². The van der Waals surface area contributed by atoms with Gasteiger partial charge in [0.15, 0.2) is 0 Å². The maximum Gasteiger partial charge on any atom is 0.222 e. The quantitative estimate of drug-likeness (QED) is 0.861.